The molecule has 4 rings (SSSR count). The second kappa shape index (κ2) is 7.35. The summed E-state index contributed by atoms with van der Waals surface area (Å²) in [6.45, 7) is 4.63. The minimum Gasteiger partial charge on any atom is -0.497 e. The van der Waals surface area contributed by atoms with Gasteiger partial charge in [-0.2, -0.15) is 0 Å². The Balaban J connectivity index is 1.67. The highest BCUT2D eigenvalue weighted by Gasteiger charge is 2.37. The van der Waals surface area contributed by atoms with Crippen LogP contribution in [0.4, 0.5) is 5.69 Å². The monoisotopic (exact) mass is 373 g/mol. The molecule has 1 aliphatic heterocycles. The van der Waals surface area contributed by atoms with Crippen LogP contribution < -0.4 is 10.1 Å². The van der Waals surface area contributed by atoms with Gasteiger partial charge in [0.15, 0.2) is 0 Å². The van der Waals surface area contributed by atoms with Crippen LogP contribution in [0.2, 0.25) is 0 Å². The third-order valence-corrected chi connectivity index (χ3v) is 4.94. The molecule has 1 amide bonds. The SMILES string of the molecule is COc1ccc(CN2C(=O)c3cccnc3C2Nc2cc(C)cc(C)c2)cc1. The summed E-state index contributed by atoms with van der Waals surface area (Å²) < 4.78 is 5.23. The molecule has 0 aliphatic carbocycles. The van der Waals surface area contributed by atoms with Gasteiger partial charge in [0.2, 0.25) is 0 Å². The number of benzene rings is 2. The van der Waals surface area contributed by atoms with Crippen molar-refractivity contribution in [3.05, 3.63) is 88.7 Å². The Bertz CT molecular complexity index is 994. The van der Waals surface area contributed by atoms with Gasteiger partial charge in [-0.15, -0.1) is 0 Å². The van der Waals surface area contributed by atoms with Gasteiger partial charge in [0, 0.05) is 18.4 Å². The zero-order valence-corrected chi connectivity index (χ0v) is 16.3. The number of carbonyl (C=O) groups is 1. The smallest absolute Gasteiger partial charge is 0.258 e. The molecule has 0 spiro atoms. The lowest BCUT2D eigenvalue weighted by Gasteiger charge is -2.27. The summed E-state index contributed by atoms with van der Waals surface area (Å²) in [5, 5.41) is 3.52. The van der Waals surface area contributed by atoms with E-state index in [1.807, 2.05) is 41.3 Å². The van der Waals surface area contributed by atoms with E-state index in [0.717, 1.165) is 22.7 Å². The Kier molecular flexibility index (Phi) is 4.74. The minimum atomic E-state index is -0.313. The van der Waals surface area contributed by atoms with Gasteiger partial charge in [0.25, 0.3) is 5.91 Å². The molecular weight excluding hydrogens is 350 g/mol. The maximum Gasteiger partial charge on any atom is 0.258 e. The van der Waals surface area contributed by atoms with Crippen molar-refractivity contribution in [1.29, 1.82) is 0 Å². The first-order valence-corrected chi connectivity index (χ1v) is 9.29. The average molecular weight is 373 g/mol. The molecule has 1 aromatic heterocycles. The van der Waals surface area contributed by atoms with Crippen molar-refractivity contribution in [2.45, 2.75) is 26.6 Å². The first-order chi connectivity index (χ1) is 13.5. The van der Waals surface area contributed by atoms with Crippen molar-refractivity contribution in [2.75, 3.05) is 12.4 Å². The standard InChI is InChI=1S/C23H23N3O2/c1-15-11-16(2)13-18(12-15)25-22-21-20(5-4-10-24-21)23(27)26(22)14-17-6-8-19(28-3)9-7-17/h4-13,22,25H,14H2,1-3H3. The molecule has 3 aromatic rings. The van der Waals surface area contributed by atoms with Crippen molar-refractivity contribution in [3.63, 3.8) is 0 Å². The van der Waals surface area contributed by atoms with Crippen molar-refractivity contribution in [1.82, 2.24) is 9.88 Å². The van der Waals surface area contributed by atoms with Gasteiger partial charge in [0.1, 0.15) is 11.9 Å². The fourth-order valence-corrected chi connectivity index (χ4v) is 3.69. The summed E-state index contributed by atoms with van der Waals surface area (Å²) in [5.41, 5.74) is 5.78. The number of anilines is 1. The normalized spacial score (nSPS) is 15.5. The number of hydrogen-bond acceptors (Lipinski definition) is 4. The topological polar surface area (TPSA) is 54.5 Å². The number of rotatable bonds is 5. The zero-order chi connectivity index (χ0) is 19.7. The predicted octanol–water partition coefficient (Wildman–Crippen LogP) is 4.47. The lowest BCUT2D eigenvalue weighted by atomic mass is 10.1. The maximum absolute atomic E-state index is 13.1. The van der Waals surface area contributed by atoms with Crippen LogP contribution in [0.3, 0.4) is 0 Å². The summed E-state index contributed by atoms with van der Waals surface area (Å²) in [5.74, 6) is 0.784. The van der Waals surface area contributed by atoms with E-state index in [-0.39, 0.29) is 12.1 Å². The number of hydrogen-bond donors (Lipinski definition) is 1. The van der Waals surface area contributed by atoms with Gasteiger partial charge >= 0.3 is 0 Å². The van der Waals surface area contributed by atoms with Crippen LogP contribution in [-0.4, -0.2) is 22.9 Å². The molecule has 142 valence electrons. The summed E-state index contributed by atoms with van der Waals surface area (Å²) in [6.07, 6.45) is 1.42. The number of aryl methyl sites for hydroxylation is 2. The number of methoxy groups -OCH3 is 1. The molecule has 1 aliphatic rings. The molecule has 1 N–H and O–H groups in total. The molecule has 5 nitrogen and oxygen atoms in total. The van der Waals surface area contributed by atoms with Crippen LogP contribution in [0.15, 0.2) is 60.8 Å². The van der Waals surface area contributed by atoms with Gasteiger partial charge in [-0.25, -0.2) is 0 Å². The van der Waals surface area contributed by atoms with E-state index in [1.54, 1.807) is 13.3 Å². The number of nitrogens with zero attached hydrogens (tertiary/aromatic N) is 2. The molecule has 2 heterocycles. The van der Waals surface area contributed by atoms with Gasteiger partial charge < -0.3 is 15.0 Å². The molecular formula is C23H23N3O2. The molecule has 1 unspecified atom stereocenters. The largest absolute Gasteiger partial charge is 0.497 e. The molecule has 0 fully saturated rings. The van der Waals surface area contributed by atoms with Crippen molar-refractivity contribution < 1.29 is 9.53 Å². The quantitative estimate of drug-likeness (QED) is 0.717. The van der Waals surface area contributed by atoms with Crippen molar-refractivity contribution in [3.8, 4) is 5.75 Å². The molecule has 0 saturated heterocycles. The van der Waals surface area contributed by atoms with E-state index in [1.165, 1.54) is 11.1 Å². The van der Waals surface area contributed by atoms with Crippen molar-refractivity contribution in [2.24, 2.45) is 0 Å². The van der Waals surface area contributed by atoms with Crippen LogP contribution in [0.1, 0.15) is 38.9 Å². The van der Waals surface area contributed by atoms with Crippen LogP contribution in [0, 0.1) is 13.8 Å². The van der Waals surface area contributed by atoms with Gasteiger partial charge in [-0.3, -0.25) is 9.78 Å². The molecule has 5 heteroatoms. The molecule has 28 heavy (non-hydrogen) atoms. The van der Waals surface area contributed by atoms with Crippen LogP contribution in [0.5, 0.6) is 5.75 Å². The number of fused-ring (bicyclic) bond motifs is 1. The van der Waals surface area contributed by atoms with E-state index in [9.17, 15) is 4.79 Å². The average Bonchev–Trinajstić information content (AvgIpc) is 2.94. The second-order valence-corrected chi connectivity index (χ2v) is 7.14. The number of ether oxygens (including phenoxy) is 1. The Morgan fingerprint density at radius 3 is 2.46 bits per heavy atom. The third kappa shape index (κ3) is 3.43. The summed E-state index contributed by atoms with van der Waals surface area (Å²) in [6, 6.07) is 17.7. The first-order valence-electron chi connectivity index (χ1n) is 9.29. The lowest BCUT2D eigenvalue weighted by Crippen LogP contribution is -2.32. The van der Waals surface area contributed by atoms with E-state index in [4.69, 9.17) is 4.74 Å². The fourth-order valence-electron chi connectivity index (χ4n) is 3.69. The Hall–Kier alpha value is -3.34. The molecule has 2 aromatic carbocycles. The van der Waals surface area contributed by atoms with E-state index >= 15 is 0 Å². The van der Waals surface area contributed by atoms with Gasteiger partial charge in [0.05, 0.1) is 18.4 Å². The highest BCUT2D eigenvalue weighted by molar-refractivity contribution is 5.98. The maximum atomic E-state index is 13.1. The highest BCUT2D eigenvalue weighted by Crippen LogP contribution is 2.34. The Labute approximate surface area is 165 Å². The van der Waals surface area contributed by atoms with Crippen molar-refractivity contribution >= 4 is 11.6 Å². The van der Waals surface area contributed by atoms with E-state index in [0.29, 0.717) is 12.1 Å². The molecule has 1 atom stereocenters. The van der Waals surface area contributed by atoms with Gasteiger partial charge in [-0.1, -0.05) is 18.2 Å². The van der Waals surface area contributed by atoms with Crippen LogP contribution >= 0.6 is 0 Å². The predicted molar refractivity (Wildman–Crippen MR) is 109 cm³/mol. The van der Waals surface area contributed by atoms with Gasteiger partial charge in [-0.05, 0) is 66.9 Å². The summed E-state index contributed by atoms with van der Waals surface area (Å²) in [7, 11) is 1.64. The van der Waals surface area contributed by atoms with Crippen LogP contribution in [-0.2, 0) is 6.54 Å². The molecule has 0 radical (unpaired) electrons. The molecule has 0 saturated carbocycles. The van der Waals surface area contributed by atoms with E-state index in [2.05, 4.69) is 42.3 Å². The highest BCUT2D eigenvalue weighted by atomic mass is 16.5. The number of pyridine rings is 1. The zero-order valence-electron chi connectivity index (χ0n) is 16.3. The third-order valence-electron chi connectivity index (χ3n) is 4.94. The summed E-state index contributed by atoms with van der Waals surface area (Å²) >= 11 is 0. The second-order valence-electron chi connectivity index (χ2n) is 7.14. The van der Waals surface area contributed by atoms with Crippen LogP contribution in [0.25, 0.3) is 0 Å². The lowest BCUT2D eigenvalue weighted by molar-refractivity contribution is 0.0728. The van der Waals surface area contributed by atoms with E-state index < -0.39 is 0 Å². The Morgan fingerprint density at radius 2 is 1.79 bits per heavy atom. The number of nitrogens with one attached hydrogen (secondary N) is 1. The molecule has 0 bridgehead atoms. The fraction of sp³-hybridized carbons (Fsp3) is 0.217. The number of aromatic nitrogens is 1. The summed E-state index contributed by atoms with van der Waals surface area (Å²) in [4.78, 5) is 19.4. The minimum absolute atomic E-state index is 0.0132. The number of amides is 1. The Morgan fingerprint density at radius 1 is 1.07 bits per heavy atom. The number of carbonyl (C=O) groups excluding carboxylic acids is 1. The first kappa shape index (κ1) is 18.0.